The van der Waals surface area contributed by atoms with E-state index < -0.39 is 0 Å². The second-order valence-corrected chi connectivity index (χ2v) is 7.58. The van der Waals surface area contributed by atoms with Gasteiger partial charge in [0, 0.05) is 32.2 Å². The number of carbonyl (C=O) groups is 1. The zero-order valence-electron chi connectivity index (χ0n) is 16.5. The Balaban J connectivity index is 1.29. The highest BCUT2D eigenvalue weighted by molar-refractivity contribution is 5.91. The fourth-order valence-corrected chi connectivity index (χ4v) is 4.28. The van der Waals surface area contributed by atoms with Gasteiger partial charge in [0.25, 0.3) is 0 Å². The van der Waals surface area contributed by atoms with Crippen LogP contribution in [0.2, 0.25) is 0 Å². The Morgan fingerprint density at radius 2 is 1.89 bits per heavy atom. The lowest BCUT2D eigenvalue weighted by Crippen LogP contribution is -2.48. The minimum Gasteiger partial charge on any atom is -0.495 e. The van der Waals surface area contributed by atoms with Crippen LogP contribution in [0.25, 0.3) is 0 Å². The summed E-state index contributed by atoms with van der Waals surface area (Å²) >= 11 is 0. The fraction of sp³-hybridized carbons (Fsp3) is 0.524. The number of para-hydroxylation sites is 2. The second kappa shape index (κ2) is 8.65. The standard InChI is InChI=1S/C21H29N5O2/c1-28-19-9-5-4-8-18(19)25-14-12-24(13-15-25)16-21(27)23-20-10-11-22-26(20)17-6-2-3-7-17/h4-5,8-11,17H,2-3,6-7,12-16H2,1H3,(H,23,27). The Kier molecular flexibility index (Phi) is 5.81. The summed E-state index contributed by atoms with van der Waals surface area (Å²) in [6.07, 6.45) is 6.56. The van der Waals surface area contributed by atoms with Crippen LogP contribution in [0, 0.1) is 0 Å². The molecule has 0 spiro atoms. The van der Waals surface area contributed by atoms with Gasteiger partial charge < -0.3 is 15.0 Å². The minimum absolute atomic E-state index is 0.0329. The number of aromatic nitrogens is 2. The molecule has 1 aromatic carbocycles. The van der Waals surface area contributed by atoms with Crippen LogP contribution in [0.3, 0.4) is 0 Å². The maximum absolute atomic E-state index is 12.6. The highest BCUT2D eigenvalue weighted by Gasteiger charge is 2.23. The molecule has 0 unspecified atom stereocenters. The third kappa shape index (κ3) is 4.14. The quantitative estimate of drug-likeness (QED) is 0.831. The van der Waals surface area contributed by atoms with Gasteiger partial charge in [-0.2, -0.15) is 5.10 Å². The molecule has 1 aromatic heterocycles. The molecule has 1 saturated heterocycles. The summed E-state index contributed by atoms with van der Waals surface area (Å²) in [7, 11) is 1.70. The predicted octanol–water partition coefficient (Wildman–Crippen LogP) is 2.77. The Morgan fingerprint density at radius 1 is 1.14 bits per heavy atom. The number of anilines is 2. The van der Waals surface area contributed by atoms with E-state index >= 15 is 0 Å². The molecule has 0 atom stereocenters. The van der Waals surface area contributed by atoms with E-state index in [0.29, 0.717) is 12.6 Å². The summed E-state index contributed by atoms with van der Waals surface area (Å²) in [6.45, 7) is 3.89. The molecule has 7 nitrogen and oxygen atoms in total. The number of hydrogen-bond donors (Lipinski definition) is 1. The van der Waals surface area contributed by atoms with Crippen molar-refractivity contribution >= 4 is 17.4 Å². The van der Waals surface area contributed by atoms with Crippen molar-refractivity contribution in [1.82, 2.24) is 14.7 Å². The van der Waals surface area contributed by atoms with Crippen LogP contribution in [-0.4, -0.2) is 60.4 Å². The maximum atomic E-state index is 12.6. The number of carbonyl (C=O) groups excluding carboxylic acids is 1. The normalized spacial score (nSPS) is 18.4. The van der Waals surface area contributed by atoms with Crippen LogP contribution >= 0.6 is 0 Å². The van der Waals surface area contributed by atoms with Gasteiger partial charge >= 0.3 is 0 Å². The molecule has 0 bridgehead atoms. The Morgan fingerprint density at radius 3 is 2.64 bits per heavy atom. The van der Waals surface area contributed by atoms with Crippen LogP contribution in [0.1, 0.15) is 31.7 Å². The van der Waals surface area contributed by atoms with Gasteiger partial charge in [0.1, 0.15) is 11.6 Å². The monoisotopic (exact) mass is 383 g/mol. The van der Waals surface area contributed by atoms with Gasteiger partial charge in [-0.3, -0.25) is 9.69 Å². The van der Waals surface area contributed by atoms with E-state index in [4.69, 9.17) is 4.74 Å². The van der Waals surface area contributed by atoms with E-state index in [1.807, 2.05) is 28.9 Å². The van der Waals surface area contributed by atoms with Crippen molar-refractivity contribution in [3.05, 3.63) is 36.5 Å². The average molecular weight is 383 g/mol. The highest BCUT2D eigenvalue weighted by Crippen LogP contribution is 2.31. The Hall–Kier alpha value is -2.54. The zero-order valence-corrected chi connectivity index (χ0v) is 16.5. The first kappa shape index (κ1) is 18.8. The smallest absolute Gasteiger partial charge is 0.239 e. The van der Waals surface area contributed by atoms with Crippen molar-refractivity contribution in [2.24, 2.45) is 0 Å². The number of benzene rings is 1. The van der Waals surface area contributed by atoms with E-state index in [0.717, 1.165) is 56.3 Å². The van der Waals surface area contributed by atoms with Gasteiger partial charge in [0.2, 0.25) is 5.91 Å². The summed E-state index contributed by atoms with van der Waals surface area (Å²) < 4.78 is 7.46. The van der Waals surface area contributed by atoms with Crippen molar-refractivity contribution in [1.29, 1.82) is 0 Å². The first-order chi connectivity index (χ1) is 13.7. The molecule has 4 rings (SSSR count). The van der Waals surface area contributed by atoms with Gasteiger partial charge in [0.05, 0.1) is 31.6 Å². The molecule has 28 heavy (non-hydrogen) atoms. The molecule has 1 aliphatic heterocycles. The first-order valence-electron chi connectivity index (χ1n) is 10.2. The third-order valence-corrected chi connectivity index (χ3v) is 5.77. The van der Waals surface area contributed by atoms with Gasteiger partial charge in [-0.25, -0.2) is 4.68 Å². The maximum Gasteiger partial charge on any atom is 0.239 e. The molecule has 7 heteroatoms. The number of ether oxygens (including phenoxy) is 1. The molecular formula is C21H29N5O2. The Bertz CT molecular complexity index is 792. The average Bonchev–Trinajstić information content (AvgIpc) is 3.40. The summed E-state index contributed by atoms with van der Waals surface area (Å²) in [6, 6.07) is 10.4. The fourth-order valence-electron chi connectivity index (χ4n) is 4.28. The SMILES string of the molecule is COc1ccccc1N1CCN(CC(=O)Nc2ccnn2C2CCCC2)CC1. The van der Waals surface area contributed by atoms with Gasteiger partial charge in [0.15, 0.2) is 0 Å². The van der Waals surface area contributed by atoms with Crippen LogP contribution in [0.5, 0.6) is 5.75 Å². The number of amides is 1. The lowest BCUT2D eigenvalue weighted by Gasteiger charge is -2.36. The number of piperazine rings is 1. The summed E-state index contributed by atoms with van der Waals surface area (Å²) in [5.74, 6) is 1.75. The molecular weight excluding hydrogens is 354 g/mol. The van der Waals surface area contributed by atoms with E-state index in [1.54, 1.807) is 13.3 Å². The number of nitrogens with zero attached hydrogens (tertiary/aromatic N) is 4. The van der Waals surface area contributed by atoms with Crippen LogP contribution in [0.15, 0.2) is 36.5 Å². The molecule has 1 aliphatic carbocycles. The molecule has 150 valence electrons. The molecule has 2 heterocycles. The van der Waals surface area contributed by atoms with Crippen LogP contribution in [-0.2, 0) is 4.79 Å². The van der Waals surface area contributed by atoms with Crippen LogP contribution < -0.4 is 15.0 Å². The molecule has 2 fully saturated rings. The molecule has 1 saturated carbocycles. The molecule has 2 aromatic rings. The van der Waals surface area contributed by atoms with Gasteiger partial charge in [-0.05, 0) is 25.0 Å². The predicted molar refractivity (Wildman–Crippen MR) is 110 cm³/mol. The summed E-state index contributed by atoms with van der Waals surface area (Å²) in [5.41, 5.74) is 1.12. The molecule has 2 aliphatic rings. The number of hydrogen-bond acceptors (Lipinski definition) is 5. The molecule has 0 radical (unpaired) electrons. The van der Waals surface area contributed by atoms with Crippen molar-refractivity contribution in [2.75, 3.05) is 50.1 Å². The zero-order chi connectivity index (χ0) is 19.3. The van der Waals surface area contributed by atoms with Gasteiger partial charge in [-0.15, -0.1) is 0 Å². The molecule has 1 N–H and O–H groups in total. The van der Waals surface area contributed by atoms with E-state index in [2.05, 4.69) is 26.3 Å². The van der Waals surface area contributed by atoms with Crippen molar-refractivity contribution in [3.63, 3.8) is 0 Å². The van der Waals surface area contributed by atoms with Gasteiger partial charge in [-0.1, -0.05) is 25.0 Å². The van der Waals surface area contributed by atoms with Crippen LogP contribution in [0.4, 0.5) is 11.5 Å². The molecule has 1 amide bonds. The summed E-state index contributed by atoms with van der Waals surface area (Å²) in [5, 5.41) is 7.49. The minimum atomic E-state index is 0.0329. The lowest BCUT2D eigenvalue weighted by atomic mass is 10.2. The first-order valence-corrected chi connectivity index (χ1v) is 10.2. The largest absolute Gasteiger partial charge is 0.495 e. The number of nitrogens with one attached hydrogen (secondary N) is 1. The van der Waals surface area contributed by atoms with E-state index in [-0.39, 0.29) is 5.91 Å². The number of methoxy groups -OCH3 is 1. The van der Waals surface area contributed by atoms with Crippen molar-refractivity contribution < 1.29 is 9.53 Å². The summed E-state index contributed by atoms with van der Waals surface area (Å²) in [4.78, 5) is 17.1. The second-order valence-electron chi connectivity index (χ2n) is 7.58. The Labute approximate surface area is 166 Å². The van der Waals surface area contributed by atoms with Crippen molar-refractivity contribution in [2.45, 2.75) is 31.7 Å². The van der Waals surface area contributed by atoms with E-state index in [9.17, 15) is 4.79 Å². The topological polar surface area (TPSA) is 62.6 Å². The van der Waals surface area contributed by atoms with Crippen molar-refractivity contribution in [3.8, 4) is 5.75 Å². The third-order valence-electron chi connectivity index (χ3n) is 5.77. The van der Waals surface area contributed by atoms with E-state index in [1.165, 1.54) is 12.8 Å². The highest BCUT2D eigenvalue weighted by atomic mass is 16.5. The lowest BCUT2D eigenvalue weighted by molar-refractivity contribution is -0.117. The number of rotatable bonds is 6.